The van der Waals surface area contributed by atoms with Gasteiger partial charge in [0.25, 0.3) is 0 Å². The van der Waals surface area contributed by atoms with Crippen molar-refractivity contribution < 1.29 is 4.43 Å². The highest BCUT2D eigenvalue weighted by Gasteiger charge is 2.44. The van der Waals surface area contributed by atoms with Gasteiger partial charge in [-0.1, -0.05) is 54.6 Å². The maximum atomic E-state index is 6.01. The van der Waals surface area contributed by atoms with Crippen molar-refractivity contribution >= 4 is 31.5 Å². The summed E-state index contributed by atoms with van der Waals surface area (Å²) in [5.41, 5.74) is 0. The zero-order valence-corrected chi connectivity index (χ0v) is 18.3. The summed E-state index contributed by atoms with van der Waals surface area (Å²) < 4.78 is 6.01. The minimum Gasteiger partial charge on any atom is -0.550 e. The Hall–Kier alpha value is -2.15. The number of rotatable bonds is 7. The summed E-state index contributed by atoms with van der Waals surface area (Å²) in [5, 5.41) is 4.21. The van der Waals surface area contributed by atoms with Crippen LogP contribution in [-0.4, -0.2) is 14.5 Å². The van der Waals surface area contributed by atoms with Crippen molar-refractivity contribution in [3.8, 4) is 0 Å². The van der Waals surface area contributed by atoms with Gasteiger partial charge in [-0.25, -0.2) is 0 Å². The molecule has 0 saturated heterocycles. The Morgan fingerprint density at radius 2 is 1.04 bits per heavy atom. The van der Waals surface area contributed by atoms with Gasteiger partial charge >= 0.3 is 0 Å². The maximum absolute atomic E-state index is 6.01. The number of hydrogen-bond donors (Lipinski definition) is 0. The van der Waals surface area contributed by atoms with Crippen molar-refractivity contribution in [1.29, 1.82) is 0 Å². The molecule has 0 amide bonds. The van der Waals surface area contributed by atoms with Crippen LogP contribution in [0.2, 0.25) is 19.6 Å². The third-order valence-corrected chi connectivity index (χ3v) is 9.63. The first-order chi connectivity index (χ1) is 13.0. The van der Waals surface area contributed by atoms with E-state index in [0.29, 0.717) is 0 Å². The lowest BCUT2D eigenvalue weighted by Crippen LogP contribution is -2.33. The highest BCUT2D eigenvalue weighted by molar-refractivity contribution is 7.95. The Balaban J connectivity index is 2.14. The van der Waals surface area contributed by atoms with Gasteiger partial charge in [0, 0.05) is 0 Å². The van der Waals surface area contributed by atoms with E-state index >= 15 is 0 Å². The molecule has 0 aromatic heterocycles. The summed E-state index contributed by atoms with van der Waals surface area (Å²) in [6.45, 7) is 6.64. The van der Waals surface area contributed by atoms with Crippen LogP contribution in [0.15, 0.2) is 103 Å². The first-order valence-electron chi connectivity index (χ1n) is 9.40. The molecule has 0 unspecified atom stereocenters. The minimum atomic E-state index is -1.79. The second kappa shape index (κ2) is 8.69. The van der Waals surface area contributed by atoms with Gasteiger partial charge in [-0.15, -0.1) is 0 Å². The molecule has 3 aromatic rings. The third-order valence-electron chi connectivity index (χ3n) is 4.49. The maximum Gasteiger partial charge on any atom is 0.241 e. The van der Waals surface area contributed by atoms with Gasteiger partial charge in [-0.3, -0.25) is 0 Å². The Morgan fingerprint density at radius 3 is 1.37 bits per heavy atom. The largest absolute Gasteiger partial charge is 0.550 e. The molecule has 138 valence electrons. The summed E-state index contributed by atoms with van der Waals surface area (Å²) in [4.78, 5) is 0. The fraction of sp³-hybridized carbons (Fsp3) is 0.167. The molecule has 27 heavy (non-hydrogen) atoms. The van der Waals surface area contributed by atoms with Crippen LogP contribution < -0.4 is 15.9 Å². The van der Waals surface area contributed by atoms with Crippen molar-refractivity contribution in [3.63, 3.8) is 0 Å². The summed E-state index contributed by atoms with van der Waals surface area (Å²) in [7, 11) is -3.35. The summed E-state index contributed by atoms with van der Waals surface area (Å²) in [6, 6.07) is 32.9. The van der Waals surface area contributed by atoms with Crippen molar-refractivity contribution in [1.82, 2.24) is 0 Å². The molecule has 0 radical (unpaired) electrons. The summed E-state index contributed by atoms with van der Waals surface area (Å²) in [5.74, 6) is 0. The Labute approximate surface area is 165 Å². The van der Waals surface area contributed by atoms with Crippen LogP contribution in [0.5, 0.6) is 0 Å². The van der Waals surface area contributed by atoms with Crippen LogP contribution in [0.4, 0.5) is 0 Å². The second-order valence-corrected chi connectivity index (χ2v) is 15.6. The van der Waals surface area contributed by atoms with E-state index in [-0.39, 0.29) is 0 Å². The van der Waals surface area contributed by atoms with Gasteiger partial charge in [0.2, 0.25) is 8.32 Å². The molecule has 0 spiro atoms. The van der Waals surface area contributed by atoms with Gasteiger partial charge < -0.3 is 4.43 Å². The highest BCUT2D eigenvalue weighted by atomic mass is 31.2. The van der Waals surface area contributed by atoms with E-state index in [2.05, 4.69) is 117 Å². The molecule has 1 nitrogen and oxygen atoms in total. The van der Waals surface area contributed by atoms with Crippen LogP contribution in [-0.2, 0) is 4.43 Å². The van der Waals surface area contributed by atoms with E-state index in [1.54, 1.807) is 0 Å². The minimum absolute atomic E-state index is 0.954. The highest BCUT2D eigenvalue weighted by Crippen LogP contribution is 2.55. The number of hydrogen-bond acceptors (Lipinski definition) is 1. The van der Waals surface area contributed by atoms with Crippen molar-refractivity contribution in [2.45, 2.75) is 19.6 Å². The molecule has 0 saturated carbocycles. The van der Waals surface area contributed by atoms with Crippen LogP contribution in [0, 0.1) is 0 Å². The van der Waals surface area contributed by atoms with Gasteiger partial charge in [0.05, 0.1) is 12.4 Å². The molecular formula is C24H28OPSi+. The fourth-order valence-electron chi connectivity index (χ4n) is 3.26. The van der Waals surface area contributed by atoms with Crippen molar-refractivity contribution in [3.05, 3.63) is 103 Å². The molecule has 0 heterocycles. The Bertz CT molecular complexity index is 758. The molecule has 0 atom stereocenters. The SMILES string of the molecule is C[Si](C)(C)O/C=C\C[P+](c1ccccc1)(c1ccccc1)c1ccccc1. The van der Waals surface area contributed by atoms with Gasteiger partial charge in [-0.05, 0) is 62.1 Å². The zero-order valence-electron chi connectivity index (χ0n) is 16.4. The smallest absolute Gasteiger partial charge is 0.241 e. The van der Waals surface area contributed by atoms with Crippen LogP contribution >= 0.6 is 7.26 Å². The zero-order chi connectivity index (χ0) is 19.2. The standard InChI is InChI=1S/C24H28OPSi/c1-27(2,3)25-20-13-21-26(22-14-7-4-8-15-22,23-16-9-5-10-17-23)24-18-11-6-12-19-24/h4-20H,21H2,1-3H3/q+1/b20-13-. The monoisotopic (exact) mass is 391 g/mol. The van der Waals surface area contributed by atoms with Crippen molar-refractivity contribution in [2.24, 2.45) is 0 Å². The first-order valence-corrected chi connectivity index (χ1v) is 14.8. The predicted octanol–water partition coefficient (Wildman–Crippen LogP) is 5.35. The normalized spacial score (nSPS) is 12.3. The molecule has 3 aromatic carbocycles. The second-order valence-electron chi connectivity index (χ2n) is 7.60. The molecule has 0 aliphatic heterocycles. The van der Waals surface area contributed by atoms with E-state index < -0.39 is 15.6 Å². The Kier molecular flexibility index (Phi) is 6.31. The van der Waals surface area contributed by atoms with E-state index in [0.717, 1.165) is 6.16 Å². The van der Waals surface area contributed by atoms with E-state index in [1.807, 2.05) is 6.26 Å². The quantitative estimate of drug-likeness (QED) is 0.300. The van der Waals surface area contributed by atoms with E-state index in [1.165, 1.54) is 15.9 Å². The lowest BCUT2D eigenvalue weighted by molar-refractivity contribution is 0.479. The van der Waals surface area contributed by atoms with Crippen LogP contribution in [0.1, 0.15) is 0 Å². The molecule has 0 aliphatic carbocycles. The lowest BCUT2D eigenvalue weighted by atomic mass is 10.4. The Morgan fingerprint density at radius 1 is 0.667 bits per heavy atom. The molecule has 0 fully saturated rings. The lowest BCUT2D eigenvalue weighted by Gasteiger charge is -2.26. The average molecular weight is 392 g/mol. The third kappa shape index (κ3) is 4.77. The molecule has 3 rings (SSSR count). The van der Waals surface area contributed by atoms with Crippen LogP contribution in [0.25, 0.3) is 0 Å². The molecule has 0 N–H and O–H groups in total. The summed E-state index contributed by atoms with van der Waals surface area (Å²) >= 11 is 0. The molecule has 3 heteroatoms. The molecular weight excluding hydrogens is 363 g/mol. The molecule has 0 aliphatic rings. The summed E-state index contributed by atoms with van der Waals surface area (Å²) in [6.07, 6.45) is 5.13. The van der Waals surface area contributed by atoms with Gasteiger partial charge in [0.1, 0.15) is 23.2 Å². The predicted molar refractivity (Wildman–Crippen MR) is 124 cm³/mol. The average Bonchev–Trinajstić information content (AvgIpc) is 2.70. The number of benzene rings is 3. The van der Waals surface area contributed by atoms with E-state index in [4.69, 9.17) is 4.43 Å². The number of allylic oxidation sites excluding steroid dienone is 1. The topological polar surface area (TPSA) is 9.23 Å². The van der Waals surface area contributed by atoms with Crippen molar-refractivity contribution in [2.75, 3.05) is 6.16 Å². The fourth-order valence-corrected chi connectivity index (χ4v) is 7.74. The van der Waals surface area contributed by atoms with Gasteiger partial charge in [0.15, 0.2) is 0 Å². The van der Waals surface area contributed by atoms with E-state index in [9.17, 15) is 0 Å². The van der Waals surface area contributed by atoms with Gasteiger partial charge in [-0.2, -0.15) is 0 Å². The first kappa shape index (κ1) is 19.6. The molecule has 0 bridgehead atoms. The van der Waals surface area contributed by atoms with Crippen LogP contribution in [0.3, 0.4) is 0 Å².